The van der Waals surface area contributed by atoms with E-state index < -0.39 is 17.4 Å². The Hall–Kier alpha value is -2.90. The number of amides is 2. The van der Waals surface area contributed by atoms with E-state index in [2.05, 4.69) is 10.6 Å². The van der Waals surface area contributed by atoms with Crippen LogP contribution in [0.25, 0.3) is 10.1 Å². The number of carbonyl (C=O) groups is 2. The number of nitrogens with one attached hydrogen (secondary N) is 2. The molecule has 0 bridgehead atoms. The van der Waals surface area contributed by atoms with E-state index in [0.717, 1.165) is 20.7 Å². The van der Waals surface area contributed by atoms with Gasteiger partial charge in [-0.05, 0) is 48.7 Å². The first-order valence-corrected chi connectivity index (χ1v) is 9.66. The molecule has 2 aromatic carbocycles. The Kier molecular flexibility index (Phi) is 5.67. The van der Waals surface area contributed by atoms with Crippen molar-refractivity contribution in [3.05, 3.63) is 59.5 Å². The van der Waals surface area contributed by atoms with Crippen LogP contribution in [0, 0.1) is 0 Å². The molecule has 3 aromatic rings. The van der Waals surface area contributed by atoms with Gasteiger partial charge in [0.25, 0.3) is 0 Å². The fourth-order valence-electron chi connectivity index (χ4n) is 2.70. The molecule has 7 heteroatoms. The Labute approximate surface area is 167 Å². The molecule has 0 spiro atoms. The summed E-state index contributed by atoms with van der Waals surface area (Å²) in [5.74, 6) is -1.57. The summed E-state index contributed by atoms with van der Waals surface area (Å²) in [6.07, 6.45) is 0. The average Bonchev–Trinajstić information content (AvgIpc) is 3.12. The van der Waals surface area contributed by atoms with Crippen LogP contribution in [0.4, 0.5) is 11.4 Å². The molecular formula is C21H23N3O3S. The van der Waals surface area contributed by atoms with E-state index in [4.69, 9.17) is 0 Å². The van der Waals surface area contributed by atoms with Crippen LogP contribution in [0.1, 0.15) is 11.8 Å². The summed E-state index contributed by atoms with van der Waals surface area (Å²) in [6, 6.07) is 16.9. The molecule has 3 N–H and O–H groups in total. The summed E-state index contributed by atoms with van der Waals surface area (Å²) in [4.78, 5) is 26.9. The van der Waals surface area contributed by atoms with Gasteiger partial charge in [0.05, 0.1) is 6.54 Å². The van der Waals surface area contributed by atoms with Crippen LogP contribution in [0.15, 0.2) is 54.6 Å². The van der Waals surface area contributed by atoms with Crippen molar-refractivity contribution in [2.75, 3.05) is 30.9 Å². The lowest BCUT2D eigenvalue weighted by atomic mass is 10.0. The van der Waals surface area contributed by atoms with Gasteiger partial charge in [-0.3, -0.25) is 9.59 Å². The maximum atomic E-state index is 12.1. The minimum atomic E-state index is -1.27. The van der Waals surface area contributed by atoms with Crippen molar-refractivity contribution >= 4 is 44.6 Å². The molecule has 0 aliphatic rings. The van der Waals surface area contributed by atoms with Gasteiger partial charge in [-0.15, -0.1) is 11.3 Å². The summed E-state index contributed by atoms with van der Waals surface area (Å²) in [7, 11) is 3.84. The number of carbonyl (C=O) groups excluding carboxylic acids is 2. The molecule has 1 atom stereocenters. The lowest BCUT2D eigenvalue weighted by Crippen LogP contribution is -2.42. The van der Waals surface area contributed by atoms with E-state index in [1.807, 2.05) is 61.5 Å². The highest BCUT2D eigenvalue weighted by molar-refractivity contribution is 7.19. The maximum absolute atomic E-state index is 12.1. The summed E-state index contributed by atoms with van der Waals surface area (Å²) < 4.78 is 1.06. The minimum Gasteiger partial charge on any atom is -0.383 e. The van der Waals surface area contributed by atoms with Crippen LogP contribution in [-0.4, -0.2) is 37.6 Å². The zero-order valence-corrected chi connectivity index (χ0v) is 16.8. The molecular weight excluding hydrogens is 374 g/mol. The van der Waals surface area contributed by atoms with Crippen molar-refractivity contribution in [3.63, 3.8) is 0 Å². The highest BCUT2D eigenvalue weighted by Gasteiger charge is 2.27. The predicted molar refractivity (Wildman–Crippen MR) is 114 cm³/mol. The molecule has 28 heavy (non-hydrogen) atoms. The van der Waals surface area contributed by atoms with E-state index in [1.54, 1.807) is 19.1 Å². The number of hydrogen-bond donors (Lipinski definition) is 3. The van der Waals surface area contributed by atoms with Gasteiger partial charge in [0.1, 0.15) is 5.60 Å². The second-order valence-corrected chi connectivity index (χ2v) is 8.08. The minimum absolute atomic E-state index is 0.0638. The van der Waals surface area contributed by atoms with Crippen LogP contribution in [0.3, 0.4) is 0 Å². The Bertz CT molecular complexity index is 961. The normalized spacial score (nSPS) is 13.0. The van der Waals surface area contributed by atoms with Gasteiger partial charge >= 0.3 is 11.8 Å². The van der Waals surface area contributed by atoms with Crippen molar-refractivity contribution in [3.8, 4) is 0 Å². The molecule has 0 saturated heterocycles. The third-order valence-electron chi connectivity index (χ3n) is 4.40. The molecule has 0 aliphatic carbocycles. The van der Waals surface area contributed by atoms with Crippen molar-refractivity contribution < 1.29 is 14.7 Å². The van der Waals surface area contributed by atoms with Gasteiger partial charge in [0.15, 0.2) is 0 Å². The van der Waals surface area contributed by atoms with Crippen LogP contribution in [0.2, 0.25) is 0 Å². The maximum Gasteiger partial charge on any atom is 0.313 e. The number of anilines is 2. The molecule has 2 amide bonds. The van der Waals surface area contributed by atoms with Crippen LogP contribution in [0.5, 0.6) is 0 Å². The van der Waals surface area contributed by atoms with Crippen molar-refractivity contribution in [1.29, 1.82) is 0 Å². The summed E-state index contributed by atoms with van der Waals surface area (Å²) in [5.41, 5.74) is 0.247. The average molecular weight is 398 g/mol. The van der Waals surface area contributed by atoms with Crippen molar-refractivity contribution in [1.82, 2.24) is 5.32 Å². The number of benzene rings is 2. The first-order valence-electron chi connectivity index (χ1n) is 8.84. The summed E-state index contributed by atoms with van der Waals surface area (Å²) in [5, 5.41) is 16.9. The third-order valence-corrected chi connectivity index (χ3v) is 5.77. The lowest BCUT2D eigenvalue weighted by Gasteiger charge is -2.22. The zero-order valence-electron chi connectivity index (χ0n) is 16.0. The quantitative estimate of drug-likeness (QED) is 0.578. The predicted octanol–water partition coefficient (Wildman–Crippen LogP) is 2.93. The van der Waals surface area contributed by atoms with E-state index in [0.29, 0.717) is 5.69 Å². The summed E-state index contributed by atoms with van der Waals surface area (Å²) >= 11 is 1.46. The zero-order chi connectivity index (χ0) is 20.3. The molecule has 1 heterocycles. The Morgan fingerprint density at radius 1 is 1.07 bits per heavy atom. The van der Waals surface area contributed by atoms with Gasteiger partial charge in [0, 0.05) is 35.0 Å². The van der Waals surface area contributed by atoms with E-state index in [9.17, 15) is 14.7 Å². The molecule has 0 aliphatic heterocycles. The second kappa shape index (κ2) is 8.00. The number of nitrogens with zero attached hydrogens (tertiary/aromatic N) is 1. The number of aliphatic hydroxyl groups is 1. The topological polar surface area (TPSA) is 81.7 Å². The van der Waals surface area contributed by atoms with Crippen LogP contribution >= 0.6 is 11.3 Å². The smallest absolute Gasteiger partial charge is 0.313 e. The number of thiophene rings is 1. The van der Waals surface area contributed by atoms with Crippen LogP contribution in [-0.2, 0) is 15.2 Å². The van der Waals surface area contributed by atoms with Crippen molar-refractivity contribution in [2.24, 2.45) is 0 Å². The highest BCUT2D eigenvalue weighted by Crippen LogP contribution is 2.32. The molecule has 6 nitrogen and oxygen atoms in total. The number of hydrogen-bond acceptors (Lipinski definition) is 5. The lowest BCUT2D eigenvalue weighted by molar-refractivity contribution is -0.136. The molecule has 3 rings (SSSR count). The van der Waals surface area contributed by atoms with Gasteiger partial charge in [-0.2, -0.15) is 0 Å². The third kappa shape index (κ3) is 4.49. The van der Waals surface area contributed by atoms with Gasteiger partial charge in [-0.1, -0.05) is 18.2 Å². The molecule has 0 unspecified atom stereocenters. The largest absolute Gasteiger partial charge is 0.383 e. The van der Waals surface area contributed by atoms with Crippen LogP contribution < -0.4 is 15.5 Å². The number of fused-ring (bicyclic) bond motifs is 1. The molecule has 1 aromatic heterocycles. The highest BCUT2D eigenvalue weighted by atomic mass is 32.1. The van der Waals surface area contributed by atoms with Gasteiger partial charge < -0.3 is 20.6 Å². The fraction of sp³-hybridized carbons (Fsp3) is 0.238. The van der Waals surface area contributed by atoms with Gasteiger partial charge in [-0.25, -0.2) is 0 Å². The molecule has 0 fully saturated rings. The Balaban J connectivity index is 1.59. The molecule has 146 valence electrons. The Morgan fingerprint density at radius 2 is 1.75 bits per heavy atom. The standard InChI is InChI=1S/C21H23N3O3S/c1-21(27,18-12-14-6-4-5-7-17(14)28-18)13-22-19(25)20(26)23-15-8-10-16(11-9-15)24(2)3/h4-12,27H,13H2,1-3H3,(H,22,25)(H,23,26)/t21-/m0/s1. The summed E-state index contributed by atoms with van der Waals surface area (Å²) in [6.45, 7) is 1.56. The van der Waals surface area contributed by atoms with Gasteiger partial charge in [0.2, 0.25) is 0 Å². The first kappa shape index (κ1) is 19.9. The second-order valence-electron chi connectivity index (χ2n) is 7.00. The number of rotatable bonds is 5. The first-order chi connectivity index (χ1) is 13.3. The van der Waals surface area contributed by atoms with Crippen molar-refractivity contribution in [2.45, 2.75) is 12.5 Å². The van der Waals surface area contributed by atoms with E-state index in [1.165, 1.54) is 11.3 Å². The molecule has 0 saturated carbocycles. The monoisotopic (exact) mass is 397 g/mol. The SMILES string of the molecule is CN(C)c1ccc(NC(=O)C(=O)NC[C@](C)(O)c2cc3ccccc3s2)cc1. The Morgan fingerprint density at radius 3 is 2.39 bits per heavy atom. The van der Waals surface area contributed by atoms with E-state index in [-0.39, 0.29) is 6.54 Å². The molecule has 0 radical (unpaired) electrons. The fourth-order valence-corrected chi connectivity index (χ4v) is 3.80. The van der Waals surface area contributed by atoms with E-state index >= 15 is 0 Å².